The summed E-state index contributed by atoms with van der Waals surface area (Å²) in [5.41, 5.74) is 1.58. The summed E-state index contributed by atoms with van der Waals surface area (Å²) in [4.78, 5) is 24.2. The lowest BCUT2D eigenvalue weighted by molar-refractivity contribution is -0.153. The quantitative estimate of drug-likeness (QED) is 0.374. The third-order valence-electron chi connectivity index (χ3n) is 4.17. The predicted molar refractivity (Wildman–Crippen MR) is 109 cm³/mol. The maximum Gasteiger partial charge on any atom is 0.306 e. The largest absolute Gasteiger partial charge is 0.495 e. The highest BCUT2D eigenvalue weighted by molar-refractivity contribution is 8.77. The Balaban J connectivity index is 1.72. The van der Waals surface area contributed by atoms with Crippen LogP contribution in [0.25, 0.3) is 0 Å². The number of hydrogen-bond acceptors (Lipinski definition) is 6. The first kappa shape index (κ1) is 21.0. The Morgan fingerprint density at radius 1 is 1.35 bits per heavy atom. The highest BCUT2D eigenvalue weighted by atomic mass is 33.1. The molecule has 144 valence electrons. The van der Waals surface area contributed by atoms with Crippen molar-refractivity contribution in [3.63, 3.8) is 0 Å². The SMILES string of the molecule is COc1ccc(C)cc1NC(=O)[C@H](C)OC(=O)CCCC[C@H]1CCSS1. The van der Waals surface area contributed by atoms with Crippen molar-refractivity contribution in [1.29, 1.82) is 0 Å². The monoisotopic (exact) mass is 397 g/mol. The molecule has 0 unspecified atom stereocenters. The molecular formula is C19H27NO4S2. The normalized spacial score (nSPS) is 17.6. The van der Waals surface area contributed by atoms with Crippen LogP contribution in [-0.4, -0.2) is 36.1 Å². The van der Waals surface area contributed by atoms with Crippen molar-refractivity contribution >= 4 is 39.2 Å². The number of aryl methyl sites for hydroxylation is 1. The van der Waals surface area contributed by atoms with E-state index in [2.05, 4.69) is 5.32 Å². The predicted octanol–water partition coefficient (Wildman–Crippen LogP) is 4.59. The van der Waals surface area contributed by atoms with Crippen LogP contribution in [0, 0.1) is 6.92 Å². The van der Waals surface area contributed by atoms with Crippen molar-refractivity contribution in [1.82, 2.24) is 0 Å². The van der Waals surface area contributed by atoms with Crippen LogP contribution in [0.3, 0.4) is 0 Å². The van der Waals surface area contributed by atoms with Gasteiger partial charge >= 0.3 is 5.97 Å². The van der Waals surface area contributed by atoms with Crippen molar-refractivity contribution in [3.05, 3.63) is 23.8 Å². The number of carbonyl (C=O) groups excluding carboxylic acids is 2. The summed E-state index contributed by atoms with van der Waals surface area (Å²) >= 11 is 0. The summed E-state index contributed by atoms with van der Waals surface area (Å²) in [7, 11) is 5.44. The Morgan fingerprint density at radius 2 is 2.15 bits per heavy atom. The third-order valence-corrected chi connectivity index (χ3v) is 7.18. The van der Waals surface area contributed by atoms with Crippen LogP contribution in [0.5, 0.6) is 5.75 Å². The van der Waals surface area contributed by atoms with Gasteiger partial charge in [0.15, 0.2) is 6.10 Å². The van der Waals surface area contributed by atoms with Crippen molar-refractivity contribution in [3.8, 4) is 5.75 Å². The van der Waals surface area contributed by atoms with Gasteiger partial charge in [-0.3, -0.25) is 9.59 Å². The number of carbonyl (C=O) groups is 2. The molecule has 0 saturated carbocycles. The number of anilines is 1. The number of nitrogens with one attached hydrogen (secondary N) is 1. The molecule has 1 saturated heterocycles. The van der Waals surface area contributed by atoms with E-state index >= 15 is 0 Å². The molecule has 0 radical (unpaired) electrons. The Kier molecular flexibility index (Phi) is 8.65. The number of methoxy groups -OCH3 is 1. The van der Waals surface area contributed by atoms with Crippen molar-refractivity contribution in [2.45, 2.75) is 57.3 Å². The van der Waals surface area contributed by atoms with Crippen LogP contribution in [-0.2, 0) is 14.3 Å². The molecule has 1 aromatic rings. The van der Waals surface area contributed by atoms with E-state index in [1.165, 1.54) is 12.2 Å². The van der Waals surface area contributed by atoms with Crippen molar-refractivity contribution in [2.75, 3.05) is 18.2 Å². The summed E-state index contributed by atoms with van der Waals surface area (Å²) < 4.78 is 10.5. The minimum absolute atomic E-state index is 0.322. The zero-order valence-corrected chi connectivity index (χ0v) is 17.2. The summed E-state index contributed by atoms with van der Waals surface area (Å²) in [5.74, 6) is 1.12. The van der Waals surface area contributed by atoms with E-state index in [1.807, 2.05) is 40.6 Å². The van der Waals surface area contributed by atoms with E-state index in [9.17, 15) is 9.59 Å². The van der Waals surface area contributed by atoms with E-state index in [-0.39, 0.29) is 11.9 Å². The molecule has 1 aromatic carbocycles. The van der Waals surface area contributed by atoms with Crippen LogP contribution in [0.15, 0.2) is 18.2 Å². The summed E-state index contributed by atoms with van der Waals surface area (Å²) in [6.07, 6.45) is 3.76. The number of benzene rings is 1. The molecule has 2 rings (SSSR count). The topological polar surface area (TPSA) is 64.6 Å². The van der Waals surface area contributed by atoms with Gasteiger partial charge in [0.25, 0.3) is 5.91 Å². The van der Waals surface area contributed by atoms with Gasteiger partial charge in [0, 0.05) is 17.4 Å². The molecule has 1 N–H and O–H groups in total. The van der Waals surface area contributed by atoms with Crippen LogP contribution < -0.4 is 10.1 Å². The van der Waals surface area contributed by atoms with E-state index in [0.717, 1.165) is 30.1 Å². The van der Waals surface area contributed by atoms with Gasteiger partial charge in [-0.15, -0.1) is 0 Å². The summed E-state index contributed by atoms with van der Waals surface area (Å²) in [6.45, 7) is 3.52. The second-order valence-corrected chi connectivity index (χ2v) is 9.19. The van der Waals surface area contributed by atoms with E-state index < -0.39 is 6.10 Å². The van der Waals surface area contributed by atoms with E-state index in [1.54, 1.807) is 20.1 Å². The van der Waals surface area contributed by atoms with Crippen molar-refractivity contribution in [2.24, 2.45) is 0 Å². The minimum atomic E-state index is -0.838. The van der Waals surface area contributed by atoms with Gasteiger partial charge in [-0.2, -0.15) is 0 Å². The molecule has 7 heteroatoms. The molecule has 2 atom stereocenters. The zero-order valence-electron chi connectivity index (χ0n) is 15.6. The highest BCUT2D eigenvalue weighted by Gasteiger charge is 2.20. The number of unbranched alkanes of at least 4 members (excludes halogenated alkanes) is 1. The minimum Gasteiger partial charge on any atom is -0.495 e. The fourth-order valence-corrected chi connectivity index (χ4v) is 5.70. The van der Waals surface area contributed by atoms with Crippen molar-refractivity contribution < 1.29 is 19.1 Å². The fourth-order valence-electron chi connectivity index (χ4n) is 2.67. The Bertz CT molecular complexity index is 618. The lowest BCUT2D eigenvalue weighted by Gasteiger charge is -2.15. The van der Waals surface area contributed by atoms with Gasteiger partial charge in [-0.05, 0) is 50.8 Å². The molecule has 0 aliphatic carbocycles. The number of rotatable bonds is 9. The molecule has 1 aliphatic rings. The van der Waals surface area contributed by atoms with Gasteiger partial charge in [-0.1, -0.05) is 34.1 Å². The fraction of sp³-hybridized carbons (Fsp3) is 0.579. The van der Waals surface area contributed by atoms with Crippen LogP contribution >= 0.6 is 21.6 Å². The first-order valence-corrected chi connectivity index (χ1v) is 11.3. The Labute approximate surface area is 163 Å². The summed E-state index contributed by atoms with van der Waals surface area (Å²) in [6, 6.07) is 5.52. The highest BCUT2D eigenvalue weighted by Crippen LogP contribution is 2.39. The first-order valence-electron chi connectivity index (χ1n) is 8.93. The molecule has 0 aromatic heterocycles. The lowest BCUT2D eigenvalue weighted by atomic mass is 10.1. The molecular weight excluding hydrogens is 370 g/mol. The molecule has 1 amide bonds. The summed E-state index contributed by atoms with van der Waals surface area (Å²) in [5, 5.41) is 3.49. The molecule has 1 aliphatic heterocycles. The zero-order chi connectivity index (χ0) is 18.9. The number of amides is 1. The molecule has 0 bridgehead atoms. The molecule has 0 spiro atoms. The van der Waals surface area contributed by atoms with Crippen LogP contribution in [0.1, 0.15) is 44.6 Å². The standard InChI is InChI=1S/C19H27NO4S2/c1-13-8-9-17(23-3)16(12-13)20-19(22)14(2)24-18(21)7-5-4-6-15-10-11-25-26-15/h8-9,12,14-15H,4-7,10-11H2,1-3H3,(H,20,22)/t14-,15-/m0/s1. The van der Waals surface area contributed by atoms with Crippen LogP contribution in [0.4, 0.5) is 5.69 Å². The van der Waals surface area contributed by atoms with E-state index in [4.69, 9.17) is 9.47 Å². The molecule has 26 heavy (non-hydrogen) atoms. The lowest BCUT2D eigenvalue weighted by Crippen LogP contribution is -2.30. The van der Waals surface area contributed by atoms with Crippen LogP contribution in [0.2, 0.25) is 0 Å². The van der Waals surface area contributed by atoms with Gasteiger partial charge in [0.05, 0.1) is 12.8 Å². The van der Waals surface area contributed by atoms with Gasteiger partial charge in [0.2, 0.25) is 0 Å². The maximum absolute atomic E-state index is 12.3. The number of esters is 1. The molecule has 1 fully saturated rings. The Morgan fingerprint density at radius 3 is 2.85 bits per heavy atom. The maximum atomic E-state index is 12.3. The smallest absolute Gasteiger partial charge is 0.306 e. The van der Waals surface area contributed by atoms with E-state index in [0.29, 0.717) is 17.9 Å². The average molecular weight is 398 g/mol. The molecule has 1 heterocycles. The number of hydrogen-bond donors (Lipinski definition) is 1. The first-order chi connectivity index (χ1) is 12.5. The van der Waals surface area contributed by atoms with Gasteiger partial charge in [0.1, 0.15) is 5.75 Å². The third kappa shape index (κ3) is 6.76. The Hall–Kier alpha value is -1.34. The van der Waals surface area contributed by atoms with Gasteiger partial charge in [-0.25, -0.2) is 0 Å². The second kappa shape index (κ2) is 10.7. The average Bonchev–Trinajstić information content (AvgIpc) is 3.12. The molecule has 5 nitrogen and oxygen atoms in total. The number of ether oxygens (including phenoxy) is 2. The van der Waals surface area contributed by atoms with Gasteiger partial charge < -0.3 is 14.8 Å². The second-order valence-electron chi connectivity index (χ2n) is 6.40.